The van der Waals surface area contributed by atoms with E-state index in [-0.39, 0.29) is 0 Å². The van der Waals surface area contributed by atoms with Gasteiger partial charge in [-0.1, -0.05) is 19.4 Å². The molecule has 88 valence electrons. The van der Waals surface area contributed by atoms with E-state index in [1.807, 2.05) is 19.1 Å². The first-order valence-electron chi connectivity index (χ1n) is 6.18. The van der Waals surface area contributed by atoms with Crippen molar-refractivity contribution in [2.75, 3.05) is 5.73 Å². The quantitative estimate of drug-likeness (QED) is 0.772. The lowest BCUT2D eigenvalue weighted by Crippen LogP contribution is -2.24. The third kappa shape index (κ3) is 2.69. The molecule has 1 aliphatic rings. The molecule has 2 heteroatoms. The molecule has 2 atom stereocenters. The SMILES string of the molecule is Cc1ccc(OC2CCCC(C)C2)c(N)c1. The van der Waals surface area contributed by atoms with Crippen LogP contribution in [0.2, 0.25) is 0 Å². The second-order valence-electron chi connectivity index (χ2n) is 5.05. The molecule has 1 fully saturated rings. The van der Waals surface area contributed by atoms with Gasteiger partial charge in [0.05, 0.1) is 11.8 Å². The molecule has 0 aliphatic heterocycles. The van der Waals surface area contributed by atoms with E-state index >= 15 is 0 Å². The van der Waals surface area contributed by atoms with Crippen molar-refractivity contribution in [3.05, 3.63) is 23.8 Å². The Morgan fingerprint density at radius 2 is 2.12 bits per heavy atom. The molecule has 1 aromatic carbocycles. The van der Waals surface area contributed by atoms with E-state index in [0.717, 1.165) is 30.2 Å². The Bertz CT molecular complexity index is 362. The van der Waals surface area contributed by atoms with E-state index in [1.54, 1.807) is 0 Å². The number of nitrogens with two attached hydrogens (primary N) is 1. The van der Waals surface area contributed by atoms with Gasteiger partial charge in [-0.3, -0.25) is 0 Å². The minimum atomic E-state index is 0.355. The normalized spacial score (nSPS) is 25.4. The zero-order chi connectivity index (χ0) is 11.5. The first-order valence-corrected chi connectivity index (χ1v) is 6.18. The number of ether oxygens (including phenoxy) is 1. The zero-order valence-electron chi connectivity index (χ0n) is 10.2. The maximum absolute atomic E-state index is 5.99. The smallest absolute Gasteiger partial charge is 0.142 e. The molecule has 0 aromatic heterocycles. The monoisotopic (exact) mass is 219 g/mol. The fraction of sp³-hybridized carbons (Fsp3) is 0.571. The van der Waals surface area contributed by atoms with Gasteiger partial charge in [-0.2, -0.15) is 0 Å². The lowest BCUT2D eigenvalue weighted by atomic mass is 9.89. The van der Waals surface area contributed by atoms with E-state index in [4.69, 9.17) is 10.5 Å². The Morgan fingerprint density at radius 1 is 1.31 bits per heavy atom. The maximum Gasteiger partial charge on any atom is 0.142 e. The summed E-state index contributed by atoms with van der Waals surface area (Å²) >= 11 is 0. The standard InChI is InChI=1S/C14H21NO/c1-10-4-3-5-12(8-10)16-14-7-6-11(2)9-13(14)15/h6-7,9-10,12H,3-5,8,15H2,1-2H3. The Kier molecular flexibility index (Phi) is 3.37. The average Bonchev–Trinajstić information content (AvgIpc) is 2.22. The van der Waals surface area contributed by atoms with E-state index in [1.165, 1.54) is 18.4 Å². The van der Waals surface area contributed by atoms with Crippen LogP contribution in [-0.4, -0.2) is 6.10 Å². The van der Waals surface area contributed by atoms with E-state index in [9.17, 15) is 0 Å². The molecule has 0 heterocycles. The largest absolute Gasteiger partial charge is 0.488 e. The molecule has 0 bridgehead atoms. The number of anilines is 1. The summed E-state index contributed by atoms with van der Waals surface area (Å²) in [6.45, 7) is 4.34. The van der Waals surface area contributed by atoms with Crippen LogP contribution < -0.4 is 10.5 Å². The molecule has 2 N–H and O–H groups in total. The molecule has 1 saturated carbocycles. The molecular weight excluding hydrogens is 198 g/mol. The van der Waals surface area contributed by atoms with Crippen LogP contribution in [0.3, 0.4) is 0 Å². The number of benzene rings is 1. The van der Waals surface area contributed by atoms with Crippen LogP contribution in [0.1, 0.15) is 38.2 Å². The molecule has 1 aliphatic carbocycles. The molecule has 16 heavy (non-hydrogen) atoms. The minimum Gasteiger partial charge on any atom is -0.488 e. The van der Waals surface area contributed by atoms with Crippen molar-refractivity contribution in [3.63, 3.8) is 0 Å². The molecule has 2 rings (SSSR count). The van der Waals surface area contributed by atoms with Gasteiger partial charge in [0.2, 0.25) is 0 Å². The predicted molar refractivity (Wildman–Crippen MR) is 67.6 cm³/mol. The van der Waals surface area contributed by atoms with Gasteiger partial charge < -0.3 is 10.5 Å². The van der Waals surface area contributed by atoms with Crippen molar-refractivity contribution in [2.24, 2.45) is 5.92 Å². The summed E-state index contributed by atoms with van der Waals surface area (Å²) in [5.74, 6) is 1.63. The van der Waals surface area contributed by atoms with Crippen molar-refractivity contribution >= 4 is 5.69 Å². The first-order chi connectivity index (χ1) is 7.65. The van der Waals surface area contributed by atoms with Gasteiger partial charge in [-0.05, 0) is 49.8 Å². The van der Waals surface area contributed by atoms with Crippen LogP contribution in [0.25, 0.3) is 0 Å². The zero-order valence-corrected chi connectivity index (χ0v) is 10.2. The number of rotatable bonds is 2. The topological polar surface area (TPSA) is 35.2 Å². The molecule has 0 amide bonds. The number of hydrogen-bond acceptors (Lipinski definition) is 2. The predicted octanol–water partition coefficient (Wildman–Crippen LogP) is 3.53. The Hall–Kier alpha value is -1.18. The van der Waals surface area contributed by atoms with Gasteiger partial charge in [0, 0.05) is 0 Å². The summed E-state index contributed by atoms with van der Waals surface area (Å²) in [4.78, 5) is 0. The minimum absolute atomic E-state index is 0.355. The fourth-order valence-electron chi connectivity index (χ4n) is 2.44. The van der Waals surface area contributed by atoms with Crippen molar-refractivity contribution in [1.82, 2.24) is 0 Å². The average molecular weight is 219 g/mol. The fourth-order valence-corrected chi connectivity index (χ4v) is 2.44. The van der Waals surface area contributed by atoms with Crippen LogP contribution in [0.5, 0.6) is 5.75 Å². The van der Waals surface area contributed by atoms with Crippen LogP contribution in [0, 0.1) is 12.8 Å². The first kappa shape index (κ1) is 11.3. The summed E-state index contributed by atoms with van der Waals surface area (Å²) in [6.07, 6.45) is 5.29. The summed E-state index contributed by atoms with van der Waals surface area (Å²) < 4.78 is 5.99. The maximum atomic E-state index is 5.99. The van der Waals surface area contributed by atoms with Crippen molar-refractivity contribution in [2.45, 2.75) is 45.6 Å². The highest BCUT2D eigenvalue weighted by molar-refractivity contribution is 5.54. The van der Waals surface area contributed by atoms with E-state index in [0.29, 0.717) is 6.10 Å². The van der Waals surface area contributed by atoms with Gasteiger partial charge in [0.1, 0.15) is 5.75 Å². The molecule has 0 spiro atoms. The molecule has 2 nitrogen and oxygen atoms in total. The third-order valence-corrected chi connectivity index (χ3v) is 3.35. The lowest BCUT2D eigenvalue weighted by molar-refractivity contribution is 0.130. The van der Waals surface area contributed by atoms with Crippen LogP contribution in [-0.2, 0) is 0 Å². The van der Waals surface area contributed by atoms with Crippen molar-refractivity contribution < 1.29 is 4.74 Å². The Balaban J connectivity index is 2.02. The molecule has 0 saturated heterocycles. The highest BCUT2D eigenvalue weighted by Crippen LogP contribution is 2.30. The van der Waals surface area contributed by atoms with Crippen LogP contribution >= 0.6 is 0 Å². The molecular formula is C14H21NO. The van der Waals surface area contributed by atoms with Crippen LogP contribution in [0.4, 0.5) is 5.69 Å². The highest BCUT2D eigenvalue weighted by atomic mass is 16.5. The van der Waals surface area contributed by atoms with Gasteiger partial charge >= 0.3 is 0 Å². The second kappa shape index (κ2) is 4.77. The Morgan fingerprint density at radius 3 is 2.81 bits per heavy atom. The van der Waals surface area contributed by atoms with Gasteiger partial charge in [0.15, 0.2) is 0 Å². The van der Waals surface area contributed by atoms with Gasteiger partial charge in [-0.15, -0.1) is 0 Å². The third-order valence-electron chi connectivity index (χ3n) is 3.35. The molecule has 1 aromatic rings. The number of nitrogen functional groups attached to an aromatic ring is 1. The Labute approximate surface area is 97.8 Å². The van der Waals surface area contributed by atoms with Gasteiger partial charge in [-0.25, -0.2) is 0 Å². The number of hydrogen-bond donors (Lipinski definition) is 1. The highest BCUT2D eigenvalue weighted by Gasteiger charge is 2.20. The van der Waals surface area contributed by atoms with Crippen molar-refractivity contribution in [1.29, 1.82) is 0 Å². The summed E-state index contributed by atoms with van der Waals surface area (Å²) in [7, 11) is 0. The van der Waals surface area contributed by atoms with Crippen molar-refractivity contribution in [3.8, 4) is 5.75 Å². The molecule has 2 unspecified atom stereocenters. The van der Waals surface area contributed by atoms with Gasteiger partial charge in [0.25, 0.3) is 0 Å². The summed E-state index contributed by atoms with van der Waals surface area (Å²) in [5, 5.41) is 0. The number of aryl methyl sites for hydroxylation is 1. The summed E-state index contributed by atoms with van der Waals surface area (Å²) in [6, 6.07) is 6.02. The van der Waals surface area contributed by atoms with Crippen LogP contribution in [0.15, 0.2) is 18.2 Å². The summed E-state index contributed by atoms with van der Waals surface area (Å²) in [5.41, 5.74) is 7.89. The van der Waals surface area contributed by atoms with E-state index < -0.39 is 0 Å². The molecule has 0 radical (unpaired) electrons. The second-order valence-corrected chi connectivity index (χ2v) is 5.05. The lowest BCUT2D eigenvalue weighted by Gasteiger charge is -2.27. The van der Waals surface area contributed by atoms with E-state index in [2.05, 4.69) is 13.0 Å².